The highest BCUT2D eigenvalue weighted by Crippen LogP contribution is 2.64. The standard InChI is InChI=1S/C27H42O/c1-18(2)7-6-8-19(3)23-11-12-24-22-10-9-20-17-21(28)13-15-26(20,4)25(22)14-16-27(23,24)5/h9-10,14,18-19,21,23-24,28H,6-8,11-13,15-17H2,1-5H3/t19-,21+,23-,24+,26+,27-/m1/s1. The highest BCUT2D eigenvalue weighted by molar-refractivity contribution is 5.53. The van der Waals surface area contributed by atoms with Gasteiger partial charge in [-0.05, 0) is 78.8 Å². The fourth-order valence-electron chi connectivity index (χ4n) is 7.38. The molecule has 6 atom stereocenters. The molecule has 2 fully saturated rings. The Balaban J connectivity index is 1.57. The van der Waals surface area contributed by atoms with Crippen LogP contribution >= 0.6 is 0 Å². The van der Waals surface area contributed by atoms with Crippen LogP contribution < -0.4 is 0 Å². The first-order chi connectivity index (χ1) is 13.3. The summed E-state index contributed by atoms with van der Waals surface area (Å²) >= 11 is 0. The summed E-state index contributed by atoms with van der Waals surface area (Å²) < 4.78 is 0. The third-order valence-corrected chi connectivity index (χ3v) is 9.17. The van der Waals surface area contributed by atoms with Crippen molar-refractivity contribution >= 4 is 0 Å². The summed E-state index contributed by atoms with van der Waals surface area (Å²) in [4.78, 5) is 0. The van der Waals surface area contributed by atoms with Gasteiger partial charge in [-0.15, -0.1) is 0 Å². The Morgan fingerprint density at radius 3 is 2.61 bits per heavy atom. The van der Waals surface area contributed by atoms with Crippen molar-refractivity contribution in [3.05, 3.63) is 34.9 Å². The summed E-state index contributed by atoms with van der Waals surface area (Å²) in [6.45, 7) is 12.3. The quantitative estimate of drug-likeness (QED) is 0.532. The van der Waals surface area contributed by atoms with Crippen LogP contribution in [0.3, 0.4) is 0 Å². The predicted molar refractivity (Wildman–Crippen MR) is 119 cm³/mol. The molecule has 0 aromatic rings. The van der Waals surface area contributed by atoms with Crippen molar-refractivity contribution in [2.24, 2.45) is 34.5 Å². The largest absolute Gasteiger partial charge is 0.393 e. The molecule has 28 heavy (non-hydrogen) atoms. The molecule has 1 heteroatoms. The summed E-state index contributed by atoms with van der Waals surface area (Å²) in [7, 11) is 0. The molecule has 0 bridgehead atoms. The molecule has 4 rings (SSSR count). The lowest BCUT2D eigenvalue weighted by molar-refractivity contribution is 0.107. The van der Waals surface area contributed by atoms with Crippen molar-refractivity contribution in [3.63, 3.8) is 0 Å². The summed E-state index contributed by atoms with van der Waals surface area (Å²) in [5, 5.41) is 10.2. The number of aliphatic hydroxyl groups is 1. The molecular formula is C27H42O. The minimum Gasteiger partial charge on any atom is -0.393 e. The van der Waals surface area contributed by atoms with Crippen LogP contribution in [-0.4, -0.2) is 11.2 Å². The van der Waals surface area contributed by atoms with Crippen LogP contribution in [0, 0.1) is 34.5 Å². The van der Waals surface area contributed by atoms with Gasteiger partial charge in [0.1, 0.15) is 0 Å². The molecule has 156 valence electrons. The lowest BCUT2D eigenvalue weighted by Gasteiger charge is -2.50. The molecule has 0 radical (unpaired) electrons. The zero-order valence-corrected chi connectivity index (χ0v) is 18.9. The summed E-state index contributed by atoms with van der Waals surface area (Å²) in [6.07, 6.45) is 18.5. The normalized spacial score (nSPS) is 40.8. The molecular weight excluding hydrogens is 340 g/mol. The van der Waals surface area contributed by atoms with Crippen LogP contribution in [0.4, 0.5) is 0 Å². The Bertz CT molecular complexity index is 695. The van der Waals surface area contributed by atoms with Crippen molar-refractivity contribution in [2.45, 2.75) is 98.5 Å². The van der Waals surface area contributed by atoms with E-state index in [1.807, 2.05) is 0 Å². The predicted octanol–water partition coefficient (Wildman–Crippen LogP) is 7.23. The van der Waals surface area contributed by atoms with E-state index >= 15 is 0 Å². The van der Waals surface area contributed by atoms with E-state index in [0.717, 1.165) is 42.9 Å². The maximum absolute atomic E-state index is 10.2. The molecule has 0 saturated heterocycles. The van der Waals surface area contributed by atoms with Crippen LogP contribution in [0.15, 0.2) is 34.9 Å². The smallest absolute Gasteiger partial charge is 0.0578 e. The van der Waals surface area contributed by atoms with Crippen LogP contribution in [-0.2, 0) is 0 Å². The summed E-state index contributed by atoms with van der Waals surface area (Å²) in [5.74, 6) is 3.29. The first-order valence-electron chi connectivity index (χ1n) is 12.1. The van der Waals surface area contributed by atoms with E-state index < -0.39 is 0 Å². The maximum Gasteiger partial charge on any atom is 0.0578 e. The van der Waals surface area contributed by atoms with Crippen LogP contribution in [0.1, 0.15) is 92.4 Å². The number of aliphatic hydroxyl groups excluding tert-OH is 1. The zero-order chi connectivity index (χ0) is 20.1. The lowest BCUT2D eigenvalue weighted by atomic mass is 9.54. The molecule has 0 heterocycles. The van der Waals surface area contributed by atoms with Gasteiger partial charge in [0, 0.05) is 5.41 Å². The molecule has 1 nitrogen and oxygen atoms in total. The van der Waals surface area contributed by atoms with Gasteiger partial charge in [0.05, 0.1) is 6.10 Å². The topological polar surface area (TPSA) is 20.2 Å². The monoisotopic (exact) mass is 382 g/mol. The van der Waals surface area contributed by atoms with Crippen LogP contribution in [0.2, 0.25) is 0 Å². The number of fused-ring (bicyclic) bond motifs is 5. The molecule has 1 N–H and O–H groups in total. The Kier molecular flexibility index (Phi) is 5.45. The molecule has 4 aliphatic carbocycles. The third-order valence-electron chi connectivity index (χ3n) is 9.17. The van der Waals surface area contributed by atoms with E-state index in [1.54, 1.807) is 11.1 Å². The van der Waals surface area contributed by atoms with E-state index in [2.05, 4.69) is 52.8 Å². The Morgan fingerprint density at radius 2 is 1.86 bits per heavy atom. The SMILES string of the molecule is CC(C)CCC[C@@H](C)[C@H]1CC[C@H]2C3=CC=C4C[C@@H](O)CC[C@]4(C)C3=CC[C@]12C. The second-order valence-electron chi connectivity index (χ2n) is 11.4. The fourth-order valence-corrected chi connectivity index (χ4v) is 7.38. The van der Waals surface area contributed by atoms with Crippen molar-refractivity contribution < 1.29 is 5.11 Å². The van der Waals surface area contributed by atoms with E-state index in [4.69, 9.17) is 0 Å². The van der Waals surface area contributed by atoms with Gasteiger partial charge in [0.15, 0.2) is 0 Å². The maximum atomic E-state index is 10.2. The van der Waals surface area contributed by atoms with E-state index in [-0.39, 0.29) is 11.5 Å². The Morgan fingerprint density at radius 1 is 1.07 bits per heavy atom. The average Bonchev–Trinajstić information content (AvgIpc) is 2.99. The molecule has 4 aliphatic rings. The van der Waals surface area contributed by atoms with Crippen molar-refractivity contribution in [2.75, 3.05) is 0 Å². The Labute approximate surface area is 173 Å². The van der Waals surface area contributed by atoms with Gasteiger partial charge in [-0.3, -0.25) is 0 Å². The minimum atomic E-state index is -0.133. The van der Waals surface area contributed by atoms with Gasteiger partial charge in [-0.25, -0.2) is 0 Å². The molecule has 0 spiro atoms. The second kappa shape index (κ2) is 7.46. The van der Waals surface area contributed by atoms with E-state index in [1.165, 1.54) is 44.1 Å². The van der Waals surface area contributed by atoms with Gasteiger partial charge in [-0.2, -0.15) is 0 Å². The molecule has 0 aromatic heterocycles. The zero-order valence-electron chi connectivity index (χ0n) is 18.9. The minimum absolute atomic E-state index is 0.133. The van der Waals surface area contributed by atoms with Crippen molar-refractivity contribution in [1.29, 1.82) is 0 Å². The number of allylic oxidation sites excluding steroid dienone is 5. The van der Waals surface area contributed by atoms with Crippen molar-refractivity contribution in [1.82, 2.24) is 0 Å². The van der Waals surface area contributed by atoms with Crippen molar-refractivity contribution in [3.8, 4) is 0 Å². The highest BCUT2D eigenvalue weighted by Gasteiger charge is 2.54. The van der Waals surface area contributed by atoms with E-state index in [9.17, 15) is 5.11 Å². The van der Waals surface area contributed by atoms with Gasteiger partial charge >= 0.3 is 0 Å². The summed E-state index contributed by atoms with van der Waals surface area (Å²) in [6, 6.07) is 0. The number of rotatable bonds is 5. The van der Waals surface area contributed by atoms with Gasteiger partial charge in [0.2, 0.25) is 0 Å². The van der Waals surface area contributed by atoms with Crippen LogP contribution in [0.5, 0.6) is 0 Å². The van der Waals surface area contributed by atoms with Gasteiger partial charge in [-0.1, -0.05) is 77.7 Å². The number of hydrogen-bond donors (Lipinski definition) is 1. The number of hydrogen-bond acceptors (Lipinski definition) is 1. The molecule has 0 aliphatic heterocycles. The molecule has 0 amide bonds. The average molecular weight is 383 g/mol. The second-order valence-corrected chi connectivity index (χ2v) is 11.4. The van der Waals surface area contributed by atoms with E-state index in [0.29, 0.717) is 5.41 Å². The molecule has 0 unspecified atom stereocenters. The third kappa shape index (κ3) is 3.26. The van der Waals surface area contributed by atoms with Gasteiger partial charge < -0.3 is 5.11 Å². The molecule has 0 aromatic carbocycles. The fraction of sp³-hybridized carbons (Fsp3) is 0.778. The van der Waals surface area contributed by atoms with Crippen LogP contribution in [0.25, 0.3) is 0 Å². The first kappa shape index (κ1) is 20.5. The first-order valence-corrected chi connectivity index (χ1v) is 12.1. The van der Waals surface area contributed by atoms with Gasteiger partial charge in [0.25, 0.3) is 0 Å². The molecule has 2 saturated carbocycles. The highest BCUT2D eigenvalue weighted by atomic mass is 16.3. The lowest BCUT2D eigenvalue weighted by Crippen LogP contribution is -2.41. The Hall–Kier alpha value is -0.820. The summed E-state index contributed by atoms with van der Waals surface area (Å²) in [5.41, 5.74) is 5.40.